The second-order valence-corrected chi connectivity index (χ2v) is 9.23. The predicted molar refractivity (Wildman–Crippen MR) is 135 cm³/mol. The summed E-state index contributed by atoms with van der Waals surface area (Å²) < 4.78 is 12.0. The van der Waals surface area contributed by atoms with Crippen LogP contribution in [0.3, 0.4) is 0 Å². The topological polar surface area (TPSA) is 112 Å². The maximum Gasteiger partial charge on any atom is 0.331 e. The number of hydrogen-bond donors (Lipinski definition) is 0. The summed E-state index contributed by atoms with van der Waals surface area (Å²) in [5.74, 6) is -0.0488. The summed E-state index contributed by atoms with van der Waals surface area (Å²) in [7, 11) is 1.42. The average Bonchev–Trinajstić information content (AvgIpc) is 3.08. The van der Waals surface area contributed by atoms with Crippen molar-refractivity contribution in [3.8, 4) is 17.4 Å². The van der Waals surface area contributed by atoms with Crippen LogP contribution in [0.4, 0.5) is 10.5 Å². The maximum absolute atomic E-state index is 12.8. The van der Waals surface area contributed by atoms with Gasteiger partial charge in [0.05, 0.1) is 23.5 Å². The predicted octanol–water partition coefficient (Wildman–Crippen LogP) is 5.63. The summed E-state index contributed by atoms with van der Waals surface area (Å²) >= 11 is 3.05. The normalized spacial score (nSPS) is 14.5. The molecule has 2 heterocycles. The fourth-order valence-electron chi connectivity index (χ4n) is 3.12. The molecular weight excluding hydrogens is 573 g/mol. The fraction of sp³-hybridized carbons (Fsp3) is 0.0870. The van der Waals surface area contributed by atoms with Gasteiger partial charge in [-0.3, -0.25) is 24.6 Å². The van der Waals surface area contributed by atoms with Gasteiger partial charge in [-0.15, -0.1) is 0 Å². The third-order valence-electron chi connectivity index (χ3n) is 4.77. The maximum atomic E-state index is 12.8. The van der Waals surface area contributed by atoms with Crippen molar-refractivity contribution in [2.45, 2.75) is 6.54 Å². The molecule has 0 aliphatic carbocycles. The molecule has 0 N–H and O–H groups in total. The van der Waals surface area contributed by atoms with Gasteiger partial charge in [0.25, 0.3) is 17.0 Å². The van der Waals surface area contributed by atoms with Gasteiger partial charge in [-0.25, -0.2) is 4.98 Å². The smallest absolute Gasteiger partial charge is 0.331 e. The number of carbonyl (C=O) groups is 2. The molecule has 9 nitrogen and oxygen atoms in total. The van der Waals surface area contributed by atoms with Crippen LogP contribution in [0.5, 0.6) is 17.4 Å². The molecule has 172 valence electrons. The van der Waals surface area contributed by atoms with E-state index in [2.05, 4.69) is 27.6 Å². The zero-order chi connectivity index (χ0) is 24.2. The van der Waals surface area contributed by atoms with Crippen LogP contribution in [0.15, 0.2) is 65.7 Å². The molecule has 2 amide bonds. The zero-order valence-electron chi connectivity index (χ0n) is 17.6. The molecule has 0 bridgehead atoms. The van der Waals surface area contributed by atoms with E-state index in [1.54, 1.807) is 24.3 Å². The Labute approximate surface area is 212 Å². The standard InChI is InChI=1S/C23H16IN3O6S/c1-32-19-11-15(6-9-18(19)33-21-17(27(30)31)3-2-10-25-21)12-20-22(28)26(23(29)34-20)13-14-4-7-16(24)8-5-14/h2-12H,13H2,1H3/b20-12-. The van der Waals surface area contributed by atoms with Crippen molar-refractivity contribution in [3.05, 3.63) is 90.5 Å². The van der Waals surface area contributed by atoms with Gasteiger partial charge in [-0.1, -0.05) is 18.2 Å². The van der Waals surface area contributed by atoms with Crippen LogP contribution in [-0.4, -0.2) is 33.1 Å². The highest BCUT2D eigenvalue weighted by Gasteiger charge is 2.35. The van der Waals surface area contributed by atoms with Gasteiger partial charge in [0.1, 0.15) is 0 Å². The highest BCUT2D eigenvalue weighted by atomic mass is 127. The Bertz CT molecular complexity index is 1310. The van der Waals surface area contributed by atoms with Crippen molar-refractivity contribution in [3.63, 3.8) is 0 Å². The Morgan fingerprint density at radius 3 is 2.62 bits per heavy atom. The number of methoxy groups -OCH3 is 1. The lowest BCUT2D eigenvalue weighted by Gasteiger charge is -2.12. The number of halogens is 1. The number of pyridine rings is 1. The van der Waals surface area contributed by atoms with Crippen molar-refractivity contribution < 1.29 is 24.0 Å². The Hall–Kier alpha value is -3.45. The first-order chi connectivity index (χ1) is 16.4. The molecule has 1 aliphatic rings. The SMILES string of the molecule is COc1cc(/C=C2\SC(=O)N(Cc3ccc(I)cc3)C2=O)ccc1Oc1ncccc1[N+](=O)[O-]. The molecule has 0 saturated carbocycles. The van der Waals surface area contributed by atoms with E-state index in [4.69, 9.17) is 9.47 Å². The summed E-state index contributed by atoms with van der Waals surface area (Å²) in [4.78, 5) is 41.3. The van der Waals surface area contributed by atoms with Crippen molar-refractivity contribution in [1.29, 1.82) is 0 Å². The number of benzene rings is 2. The molecule has 0 atom stereocenters. The van der Waals surface area contributed by atoms with Gasteiger partial charge in [0.15, 0.2) is 11.5 Å². The molecule has 0 spiro atoms. The number of rotatable bonds is 7. The zero-order valence-corrected chi connectivity index (χ0v) is 20.6. The summed E-state index contributed by atoms with van der Waals surface area (Å²) in [6, 6.07) is 15.1. The van der Waals surface area contributed by atoms with Gasteiger partial charge < -0.3 is 9.47 Å². The Balaban J connectivity index is 1.55. The minimum Gasteiger partial charge on any atom is -0.493 e. The molecule has 1 fully saturated rings. The highest BCUT2D eigenvalue weighted by Crippen LogP contribution is 2.37. The molecule has 0 radical (unpaired) electrons. The van der Waals surface area contributed by atoms with Crippen LogP contribution < -0.4 is 9.47 Å². The third kappa shape index (κ3) is 5.20. The van der Waals surface area contributed by atoms with Gasteiger partial charge in [0, 0.05) is 15.8 Å². The number of thioether (sulfide) groups is 1. The molecule has 1 saturated heterocycles. The molecule has 0 unspecified atom stereocenters. The van der Waals surface area contributed by atoms with Gasteiger partial charge >= 0.3 is 5.69 Å². The average molecular weight is 589 g/mol. The summed E-state index contributed by atoms with van der Waals surface area (Å²) in [5.41, 5.74) is 1.17. The van der Waals surface area contributed by atoms with Crippen molar-refractivity contribution >= 4 is 57.3 Å². The molecule has 11 heteroatoms. The van der Waals surface area contributed by atoms with Crippen molar-refractivity contribution in [2.24, 2.45) is 0 Å². The summed E-state index contributed by atoms with van der Waals surface area (Å²) in [6.45, 7) is 0.192. The molecule has 2 aromatic carbocycles. The van der Waals surface area contributed by atoms with Crippen molar-refractivity contribution in [2.75, 3.05) is 7.11 Å². The van der Waals surface area contributed by atoms with Gasteiger partial charge in [-0.2, -0.15) is 0 Å². The molecule has 1 aromatic heterocycles. The van der Waals surface area contributed by atoms with E-state index in [1.807, 2.05) is 24.3 Å². The van der Waals surface area contributed by atoms with Crippen LogP contribution in [0.2, 0.25) is 0 Å². The molecule has 3 aromatic rings. The number of nitro groups is 1. The summed E-state index contributed by atoms with van der Waals surface area (Å²) in [6.07, 6.45) is 2.98. The first kappa shape index (κ1) is 23.7. The lowest BCUT2D eigenvalue weighted by Crippen LogP contribution is -2.27. The van der Waals surface area contributed by atoms with Gasteiger partial charge in [-0.05, 0) is 81.9 Å². The van der Waals surface area contributed by atoms with Crippen molar-refractivity contribution in [1.82, 2.24) is 9.88 Å². The van der Waals surface area contributed by atoms with Gasteiger partial charge in [0.2, 0.25) is 0 Å². The quantitative estimate of drug-likeness (QED) is 0.151. The van der Waals surface area contributed by atoms with Crippen LogP contribution >= 0.6 is 34.4 Å². The van der Waals surface area contributed by atoms with E-state index in [0.717, 1.165) is 20.9 Å². The second kappa shape index (κ2) is 10.2. The monoisotopic (exact) mass is 589 g/mol. The minimum absolute atomic E-state index is 0.171. The summed E-state index contributed by atoms with van der Waals surface area (Å²) in [5, 5.41) is 10.9. The number of imide groups is 1. The highest BCUT2D eigenvalue weighted by molar-refractivity contribution is 14.1. The Kier molecular flexibility index (Phi) is 7.12. The van der Waals surface area contributed by atoms with Crippen LogP contribution in [-0.2, 0) is 11.3 Å². The number of hydrogen-bond acceptors (Lipinski definition) is 8. The minimum atomic E-state index is -0.588. The first-order valence-electron chi connectivity index (χ1n) is 9.81. The first-order valence-corrected chi connectivity index (χ1v) is 11.7. The lowest BCUT2D eigenvalue weighted by atomic mass is 10.1. The number of carbonyl (C=O) groups excluding carboxylic acids is 2. The Morgan fingerprint density at radius 2 is 1.91 bits per heavy atom. The fourth-order valence-corrected chi connectivity index (χ4v) is 4.32. The van der Waals surface area contributed by atoms with Crippen LogP contribution in [0.25, 0.3) is 6.08 Å². The van der Waals surface area contributed by atoms with Crippen LogP contribution in [0, 0.1) is 13.7 Å². The molecule has 1 aliphatic heterocycles. The molecule has 4 rings (SSSR count). The third-order valence-corrected chi connectivity index (χ3v) is 6.39. The van der Waals surface area contributed by atoms with E-state index >= 15 is 0 Å². The number of aromatic nitrogens is 1. The van der Waals surface area contributed by atoms with E-state index < -0.39 is 4.92 Å². The largest absolute Gasteiger partial charge is 0.493 e. The number of ether oxygens (including phenoxy) is 2. The number of nitrogens with zero attached hydrogens (tertiary/aromatic N) is 3. The van der Waals surface area contributed by atoms with E-state index in [-0.39, 0.29) is 45.7 Å². The van der Waals surface area contributed by atoms with Crippen LogP contribution in [0.1, 0.15) is 11.1 Å². The van der Waals surface area contributed by atoms with E-state index in [9.17, 15) is 19.7 Å². The van der Waals surface area contributed by atoms with E-state index in [1.165, 1.54) is 30.3 Å². The van der Waals surface area contributed by atoms with E-state index in [0.29, 0.717) is 5.56 Å². The lowest BCUT2D eigenvalue weighted by molar-refractivity contribution is -0.386. The Morgan fingerprint density at radius 1 is 1.15 bits per heavy atom. The molecular formula is C23H16IN3O6S. The molecule has 34 heavy (non-hydrogen) atoms. The second-order valence-electron chi connectivity index (χ2n) is 6.99. The number of amides is 2.